The van der Waals surface area contributed by atoms with Gasteiger partial charge in [0.05, 0.1) is 0 Å². The molecule has 2 aliphatic carbocycles. The van der Waals surface area contributed by atoms with Crippen molar-refractivity contribution in [1.29, 1.82) is 0 Å². The van der Waals surface area contributed by atoms with Gasteiger partial charge in [0.15, 0.2) is 0 Å². The van der Waals surface area contributed by atoms with Crippen LogP contribution in [0.2, 0.25) is 0 Å². The second-order valence-electron chi connectivity index (χ2n) is 2.68. The maximum atomic E-state index is 3.55. The third-order valence-corrected chi connectivity index (χ3v) is 5.40. The lowest BCUT2D eigenvalue weighted by molar-refractivity contribution is 1.73. The molecule has 66 valence electrons. The molecule has 0 aromatic rings. The third-order valence-electron chi connectivity index (χ3n) is 1.90. The van der Waals surface area contributed by atoms with Crippen LogP contribution in [0.5, 0.6) is 0 Å². The first kappa shape index (κ1) is 9.69. The smallest absolute Gasteiger partial charge is 0.0472 e. The molecule has 0 atom stereocenters. The third kappa shape index (κ3) is 1.58. The number of hydrogen-bond donors (Lipinski definition) is 0. The average Bonchev–Trinajstić information content (AvgIpc) is 2.40. The molecule has 13 heavy (non-hydrogen) atoms. The van der Waals surface area contributed by atoms with Crippen molar-refractivity contribution in [2.24, 2.45) is 0 Å². The van der Waals surface area contributed by atoms with Gasteiger partial charge in [-0.05, 0) is 58.9 Å². The minimum atomic E-state index is 1.08. The predicted octanol–water partition coefficient (Wildman–Crippen LogP) is 5.08. The summed E-state index contributed by atoms with van der Waals surface area (Å²) in [5, 5.41) is 0. The van der Waals surface area contributed by atoms with Crippen molar-refractivity contribution in [3.05, 3.63) is 43.7 Å². The molecule has 0 unspecified atom stereocenters. The maximum Gasteiger partial charge on any atom is 0.0472 e. The Morgan fingerprint density at radius 2 is 1.08 bits per heavy atom. The van der Waals surface area contributed by atoms with Gasteiger partial charge in [0.1, 0.15) is 0 Å². The van der Waals surface area contributed by atoms with Gasteiger partial charge in [-0.3, -0.25) is 0 Å². The molecule has 0 amide bonds. The molecule has 0 spiro atoms. The summed E-state index contributed by atoms with van der Waals surface area (Å²) in [6.07, 6.45) is 0. The van der Waals surface area contributed by atoms with Crippen LogP contribution in [0.1, 0.15) is 0 Å². The predicted molar refractivity (Wildman–Crippen MR) is 66.2 cm³/mol. The minimum Gasteiger partial charge on any atom is -0.0622 e. The van der Waals surface area contributed by atoms with E-state index < -0.39 is 0 Å². The van der Waals surface area contributed by atoms with Gasteiger partial charge in [-0.25, -0.2) is 0 Å². The molecule has 3 heteroatoms. The summed E-state index contributed by atoms with van der Waals surface area (Å²) in [4.78, 5) is 0. The molecule has 2 aliphatic rings. The van der Waals surface area contributed by atoms with E-state index in [4.69, 9.17) is 0 Å². The summed E-state index contributed by atoms with van der Waals surface area (Å²) < 4.78 is 3.28. The van der Waals surface area contributed by atoms with Crippen LogP contribution in [0.4, 0.5) is 0 Å². The average molecular weight is 365 g/mol. The first-order chi connectivity index (χ1) is 6.22. The quantitative estimate of drug-likeness (QED) is 0.611. The van der Waals surface area contributed by atoms with E-state index in [2.05, 4.69) is 59.9 Å². The summed E-state index contributed by atoms with van der Waals surface area (Å²) in [5.74, 6) is 0. The van der Waals surface area contributed by atoms with Crippen LogP contribution in [-0.2, 0) is 0 Å². The number of rotatable bonds is 0. The summed E-state index contributed by atoms with van der Waals surface area (Å²) in [6, 6.07) is 10.3. The lowest BCUT2D eigenvalue weighted by atomic mass is 10.2. The highest BCUT2D eigenvalue weighted by molar-refractivity contribution is 9.14. The van der Waals surface area contributed by atoms with Gasteiger partial charge in [-0.2, -0.15) is 0 Å². The van der Waals surface area contributed by atoms with Gasteiger partial charge in [0.25, 0.3) is 0 Å². The molecule has 0 nitrogen and oxygen atoms in total. The van der Waals surface area contributed by atoms with Crippen molar-refractivity contribution in [3.63, 3.8) is 0 Å². The van der Waals surface area contributed by atoms with Crippen LogP contribution in [-0.4, -0.2) is 0 Å². The summed E-state index contributed by atoms with van der Waals surface area (Å²) in [5.41, 5.74) is 2.42. The van der Waals surface area contributed by atoms with Crippen LogP contribution in [0.3, 0.4) is 0 Å². The van der Waals surface area contributed by atoms with Gasteiger partial charge in [0, 0.05) is 13.4 Å². The van der Waals surface area contributed by atoms with Gasteiger partial charge < -0.3 is 0 Å². The Labute approximate surface area is 102 Å². The molecular weight excluding hydrogens is 360 g/mol. The standard InChI is InChI=1S/C10H5Br3/c11-8-6-4-2-1-3-5-7(6)9(12)10(8)13/h1-5H. The van der Waals surface area contributed by atoms with E-state index in [0.29, 0.717) is 0 Å². The molecular formula is C10H5Br3. The van der Waals surface area contributed by atoms with E-state index in [-0.39, 0.29) is 0 Å². The van der Waals surface area contributed by atoms with Crippen LogP contribution in [0.15, 0.2) is 43.7 Å². The highest BCUT2D eigenvalue weighted by Crippen LogP contribution is 2.46. The first-order valence-corrected chi connectivity index (χ1v) is 6.11. The molecule has 0 N–H and O–H groups in total. The summed E-state index contributed by atoms with van der Waals surface area (Å²) in [7, 11) is 0. The van der Waals surface area contributed by atoms with Crippen molar-refractivity contribution in [2.45, 2.75) is 0 Å². The van der Waals surface area contributed by atoms with Crippen molar-refractivity contribution >= 4 is 47.8 Å². The van der Waals surface area contributed by atoms with Crippen LogP contribution in [0.25, 0.3) is 11.1 Å². The van der Waals surface area contributed by atoms with Crippen molar-refractivity contribution in [2.75, 3.05) is 0 Å². The fraction of sp³-hybridized carbons (Fsp3) is 0. The largest absolute Gasteiger partial charge is 0.0622 e. The van der Waals surface area contributed by atoms with Gasteiger partial charge in [0.2, 0.25) is 0 Å². The SMILES string of the molecule is Brc1c2cccccc-2c(Br)c1Br. The highest BCUT2D eigenvalue weighted by Gasteiger charge is 2.16. The zero-order valence-corrected chi connectivity index (χ0v) is 11.3. The Hall–Kier alpha value is 0.140. The molecule has 0 radical (unpaired) electrons. The summed E-state index contributed by atoms with van der Waals surface area (Å²) in [6.45, 7) is 0. The second kappa shape index (κ2) is 3.71. The highest BCUT2D eigenvalue weighted by atomic mass is 79.9. The number of halogens is 3. The number of hydrogen-bond acceptors (Lipinski definition) is 0. The Morgan fingerprint density at radius 1 is 0.615 bits per heavy atom. The Kier molecular flexibility index (Phi) is 2.77. The van der Waals surface area contributed by atoms with Crippen LogP contribution >= 0.6 is 47.8 Å². The lowest BCUT2D eigenvalue weighted by Gasteiger charge is -1.91. The van der Waals surface area contributed by atoms with Crippen LogP contribution < -0.4 is 0 Å². The van der Waals surface area contributed by atoms with E-state index in [1.807, 2.05) is 18.2 Å². The zero-order valence-electron chi connectivity index (χ0n) is 6.52. The molecule has 0 aliphatic heterocycles. The normalized spacial score (nSPS) is 10.7. The fourth-order valence-corrected chi connectivity index (χ4v) is 3.04. The van der Waals surface area contributed by atoms with E-state index in [0.717, 1.165) is 13.4 Å². The molecule has 0 aromatic heterocycles. The van der Waals surface area contributed by atoms with E-state index in [9.17, 15) is 0 Å². The fourth-order valence-electron chi connectivity index (χ4n) is 1.26. The van der Waals surface area contributed by atoms with Crippen molar-refractivity contribution < 1.29 is 0 Å². The summed E-state index contributed by atoms with van der Waals surface area (Å²) >= 11 is 10.6. The van der Waals surface area contributed by atoms with Gasteiger partial charge >= 0.3 is 0 Å². The molecule has 0 fully saturated rings. The van der Waals surface area contributed by atoms with E-state index in [1.165, 1.54) is 11.1 Å². The van der Waals surface area contributed by atoms with E-state index in [1.54, 1.807) is 0 Å². The topological polar surface area (TPSA) is 0 Å². The second-order valence-corrected chi connectivity index (χ2v) is 5.06. The van der Waals surface area contributed by atoms with Crippen molar-refractivity contribution in [3.8, 4) is 11.1 Å². The molecule has 0 bridgehead atoms. The minimum absolute atomic E-state index is 1.08. The molecule has 2 rings (SSSR count). The Balaban J connectivity index is 2.86. The first-order valence-electron chi connectivity index (χ1n) is 3.73. The monoisotopic (exact) mass is 362 g/mol. The van der Waals surface area contributed by atoms with E-state index >= 15 is 0 Å². The molecule has 0 heterocycles. The molecule has 0 saturated carbocycles. The lowest BCUT2D eigenvalue weighted by Crippen LogP contribution is -1.65. The number of fused-ring (bicyclic) bond motifs is 1. The zero-order chi connectivity index (χ0) is 9.42. The maximum absolute atomic E-state index is 3.55. The molecule has 0 aromatic carbocycles. The van der Waals surface area contributed by atoms with Gasteiger partial charge in [-0.1, -0.05) is 30.3 Å². The molecule has 0 saturated heterocycles. The Bertz CT molecular complexity index is 386. The van der Waals surface area contributed by atoms with Crippen molar-refractivity contribution in [1.82, 2.24) is 0 Å². The van der Waals surface area contributed by atoms with Crippen LogP contribution in [0, 0.1) is 0 Å². The van der Waals surface area contributed by atoms with Gasteiger partial charge in [-0.15, -0.1) is 0 Å². The Morgan fingerprint density at radius 3 is 1.54 bits per heavy atom.